The number of alkyl halides is 3. The van der Waals surface area contributed by atoms with Crippen LogP contribution < -0.4 is 10.6 Å². The van der Waals surface area contributed by atoms with E-state index in [-0.39, 0.29) is 29.3 Å². The number of allylic oxidation sites excluding steroid dienone is 1. The van der Waals surface area contributed by atoms with Gasteiger partial charge >= 0.3 is 6.18 Å². The summed E-state index contributed by atoms with van der Waals surface area (Å²) in [6, 6.07) is 9.74. The van der Waals surface area contributed by atoms with Crippen LogP contribution in [0.1, 0.15) is 39.5 Å². The van der Waals surface area contributed by atoms with Gasteiger partial charge in [-0.05, 0) is 41.8 Å². The maximum atomic E-state index is 13.8. The molecule has 0 aliphatic carbocycles. The molecule has 3 aromatic rings. The van der Waals surface area contributed by atoms with Gasteiger partial charge in [-0.25, -0.2) is 4.98 Å². The second kappa shape index (κ2) is 9.64. The summed E-state index contributed by atoms with van der Waals surface area (Å²) >= 11 is 0. The summed E-state index contributed by atoms with van der Waals surface area (Å²) in [5.41, 5.74) is 2.68. The van der Waals surface area contributed by atoms with Crippen molar-refractivity contribution in [1.29, 1.82) is 0 Å². The highest BCUT2D eigenvalue weighted by atomic mass is 31.2. The molecule has 8 nitrogen and oxygen atoms in total. The Kier molecular flexibility index (Phi) is 6.87. The summed E-state index contributed by atoms with van der Waals surface area (Å²) in [4.78, 5) is 31.7. The van der Waals surface area contributed by atoms with Crippen LogP contribution in [0.15, 0.2) is 49.2 Å². The fourth-order valence-corrected chi connectivity index (χ4v) is 4.98. The van der Waals surface area contributed by atoms with Crippen LogP contribution in [-0.4, -0.2) is 39.4 Å². The smallest absolute Gasteiger partial charge is 0.344 e. The third kappa shape index (κ3) is 5.84. The molecule has 0 saturated heterocycles. The Morgan fingerprint density at radius 2 is 1.86 bits per heavy atom. The third-order valence-corrected chi connectivity index (χ3v) is 6.71. The predicted molar refractivity (Wildman–Crippen MR) is 136 cm³/mol. The molecule has 1 aliphatic heterocycles. The second-order valence-electron chi connectivity index (χ2n) is 9.07. The fraction of sp³-hybridized carbons (Fsp3) is 0.240. The molecule has 1 unspecified atom stereocenters. The summed E-state index contributed by atoms with van der Waals surface area (Å²) in [5.74, 6) is -0.937. The number of nitrogens with zero attached hydrogens (tertiary/aromatic N) is 3. The largest absolute Gasteiger partial charge is 0.421 e. The maximum absolute atomic E-state index is 13.8. The Morgan fingerprint density at radius 1 is 1.19 bits per heavy atom. The van der Waals surface area contributed by atoms with Crippen molar-refractivity contribution >= 4 is 42.0 Å². The van der Waals surface area contributed by atoms with Crippen LogP contribution in [0.4, 0.5) is 36.3 Å². The summed E-state index contributed by atoms with van der Waals surface area (Å²) in [7, 11) is -1.63. The van der Waals surface area contributed by atoms with Crippen LogP contribution in [0.2, 0.25) is 0 Å². The summed E-state index contributed by atoms with van der Waals surface area (Å²) in [5, 5.41) is 5.55. The van der Waals surface area contributed by atoms with Gasteiger partial charge in [-0.1, -0.05) is 30.4 Å². The van der Waals surface area contributed by atoms with E-state index in [9.17, 15) is 27.4 Å². The van der Waals surface area contributed by atoms with Gasteiger partial charge in [-0.15, -0.1) is 0 Å². The van der Waals surface area contributed by atoms with Gasteiger partial charge in [0.05, 0.1) is 11.3 Å². The standard InChI is InChI=1S/C25H25F3N5O3P/c1-14(2)17-9-10-20(21-18(17)12-33(3)23(21)34)31-22-19(25(26,27)28)11-29-24(32-22)30-16-7-5-15(6-8-16)13-37(4,35)36/h5-11H,1,12-13H2,2-4H3,(H,35,36)(H2,29,30,31,32). The zero-order valence-electron chi connectivity index (χ0n) is 20.3. The number of carbonyl (C=O) groups is 1. The van der Waals surface area contributed by atoms with Gasteiger partial charge in [0, 0.05) is 38.3 Å². The number of nitrogens with one attached hydrogen (secondary N) is 2. The molecule has 1 aliphatic rings. The Hall–Kier alpha value is -3.69. The van der Waals surface area contributed by atoms with E-state index >= 15 is 0 Å². The van der Waals surface area contributed by atoms with Crippen LogP contribution in [-0.2, 0) is 23.4 Å². The molecule has 2 heterocycles. The van der Waals surface area contributed by atoms with Crippen molar-refractivity contribution in [3.05, 3.63) is 77.0 Å². The van der Waals surface area contributed by atoms with Crippen LogP contribution >= 0.6 is 7.37 Å². The molecule has 2 aromatic carbocycles. The second-order valence-corrected chi connectivity index (χ2v) is 11.5. The Labute approximate surface area is 211 Å². The highest BCUT2D eigenvalue weighted by Crippen LogP contribution is 2.41. The first-order valence-corrected chi connectivity index (χ1v) is 13.5. The van der Waals surface area contributed by atoms with E-state index in [4.69, 9.17) is 0 Å². The number of halogens is 3. The van der Waals surface area contributed by atoms with E-state index < -0.39 is 24.9 Å². The minimum atomic E-state index is -4.75. The van der Waals surface area contributed by atoms with Crippen molar-refractivity contribution < 1.29 is 27.4 Å². The average Bonchev–Trinajstić information content (AvgIpc) is 3.08. The minimum absolute atomic E-state index is 0.000522. The third-order valence-electron chi connectivity index (χ3n) is 5.76. The van der Waals surface area contributed by atoms with Crippen LogP contribution in [0.5, 0.6) is 0 Å². The van der Waals surface area contributed by atoms with Crippen molar-refractivity contribution in [3.63, 3.8) is 0 Å². The molecule has 0 fully saturated rings. The topological polar surface area (TPSA) is 107 Å². The molecule has 3 N–H and O–H groups in total. The molecule has 12 heteroatoms. The molecule has 37 heavy (non-hydrogen) atoms. The fourth-order valence-electron chi connectivity index (χ4n) is 4.09. The minimum Gasteiger partial charge on any atom is -0.344 e. The van der Waals surface area contributed by atoms with E-state index in [0.717, 1.165) is 11.1 Å². The van der Waals surface area contributed by atoms with E-state index in [0.29, 0.717) is 29.6 Å². The number of aromatic nitrogens is 2. The molecule has 0 radical (unpaired) electrons. The summed E-state index contributed by atoms with van der Waals surface area (Å²) in [6.45, 7) is 7.31. The van der Waals surface area contributed by atoms with Gasteiger partial charge in [0.15, 0.2) is 0 Å². The molecule has 4 rings (SSSR count). The van der Waals surface area contributed by atoms with E-state index in [1.807, 2.05) is 0 Å². The molecule has 1 atom stereocenters. The summed E-state index contributed by atoms with van der Waals surface area (Å²) in [6.07, 6.45) is -4.08. The number of carbonyl (C=O) groups excluding carboxylic acids is 1. The molecule has 194 valence electrons. The average molecular weight is 531 g/mol. The van der Waals surface area contributed by atoms with Crippen LogP contribution in [0, 0.1) is 0 Å². The van der Waals surface area contributed by atoms with E-state index in [1.165, 1.54) is 11.6 Å². The maximum Gasteiger partial charge on any atom is 0.421 e. The van der Waals surface area contributed by atoms with Crippen molar-refractivity contribution in [1.82, 2.24) is 14.9 Å². The predicted octanol–water partition coefficient (Wildman–Crippen LogP) is 6.00. The van der Waals surface area contributed by atoms with Crippen molar-refractivity contribution in [3.8, 4) is 0 Å². The molecule has 0 spiro atoms. The number of hydrogen-bond acceptors (Lipinski definition) is 6. The lowest BCUT2D eigenvalue weighted by Crippen LogP contribution is -2.18. The van der Waals surface area contributed by atoms with Gasteiger partial charge in [-0.3, -0.25) is 9.36 Å². The Morgan fingerprint density at radius 3 is 2.46 bits per heavy atom. The number of benzene rings is 2. The number of anilines is 4. The zero-order chi connectivity index (χ0) is 27.1. The van der Waals surface area contributed by atoms with Crippen molar-refractivity contribution in [2.24, 2.45) is 0 Å². The first-order chi connectivity index (χ1) is 17.2. The lowest BCUT2D eigenvalue weighted by Gasteiger charge is -2.17. The van der Waals surface area contributed by atoms with Crippen LogP contribution in [0.3, 0.4) is 0 Å². The molecule has 1 aromatic heterocycles. The van der Waals surface area contributed by atoms with E-state index in [2.05, 4.69) is 27.2 Å². The molecule has 0 bridgehead atoms. The van der Waals surface area contributed by atoms with Gasteiger partial charge < -0.3 is 20.4 Å². The Balaban J connectivity index is 1.69. The first kappa shape index (κ1) is 26.4. The number of amides is 1. The summed E-state index contributed by atoms with van der Waals surface area (Å²) < 4.78 is 53.0. The van der Waals surface area contributed by atoms with Crippen molar-refractivity contribution in [2.75, 3.05) is 24.3 Å². The lowest BCUT2D eigenvalue weighted by atomic mass is 9.97. The highest BCUT2D eigenvalue weighted by molar-refractivity contribution is 7.56. The SMILES string of the molecule is C=C(C)c1ccc(Nc2nc(Nc3ccc(CP(C)(=O)O)cc3)ncc2C(F)(F)F)c2c1CN(C)C2=O. The highest BCUT2D eigenvalue weighted by Gasteiger charge is 2.36. The monoisotopic (exact) mass is 531 g/mol. The van der Waals surface area contributed by atoms with Gasteiger partial charge in [0.1, 0.15) is 11.4 Å². The zero-order valence-corrected chi connectivity index (χ0v) is 21.2. The normalized spacial score (nSPS) is 14.8. The number of hydrogen-bond donors (Lipinski definition) is 3. The van der Waals surface area contributed by atoms with E-state index in [1.54, 1.807) is 50.4 Å². The van der Waals surface area contributed by atoms with Gasteiger partial charge in [0.2, 0.25) is 13.3 Å². The number of rotatable bonds is 7. The first-order valence-electron chi connectivity index (χ1n) is 11.2. The van der Waals surface area contributed by atoms with Gasteiger partial charge in [-0.2, -0.15) is 18.2 Å². The molecular formula is C25H25F3N5O3P. The molecule has 0 saturated carbocycles. The molecule has 1 amide bonds. The quantitative estimate of drug-likeness (QED) is 0.321. The van der Waals surface area contributed by atoms with Crippen LogP contribution in [0.25, 0.3) is 5.57 Å². The van der Waals surface area contributed by atoms with Crippen molar-refractivity contribution in [2.45, 2.75) is 25.8 Å². The lowest BCUT2D eigenvalue weighted by molar-refractivity contribution is -0.137. The Bertz CT molecular complexity index is 1430. The number of fused-ring (bicyclic) bond motifs is 1. The van der Waals surface area contributed by atoms with Gasteiger partial charge in [0.25, 0.3) is 5.91 Å². The molecular weight excluding hydrogens is 506 g/mol.